The molecule has 1 aromatic rings. The van der Waals surface area contributed by atoms with Gasteiger partial charge >= 0.3 is 5.97 Å². The number of nitrogens with one attached hydrogen (secondary N) is 2. The molecule has 1 fully saturated rings. The molecule has 2 N–H and O–H groups in total. The lowest BCUT2D eigenvalue weighted by Gasteiger charge is -2.21. The Kier molecular flexibility index (Phi) is 8.10. The molecule has 1 aromatic carbocycles. The summed E-state index contributed by atoms with van der Waals surface area (Å²) < 4.78 is 4.96. The first kappa shape index (κ1) is 20.7. The zero-order chi connectivity index (χ0) is 19.6. The molecule has 0 heterocycles. The first-order valence-electron chi connectivity index (χ1n) is 9.63. The molecule has 1 saturated carbocycles. The molecule has 7 heteroatoms. The lowest BCUT2D eigenvalue weighted by atomic mass is 10.1. The summed E-state index contributed by atoms with van der Waals surface area (Å²) in [6.45, 7) is 5.52. The van der Waals surface area contributed by atoms with Gasteiger partial charge in [0.1, 0.15) is 0 Å². The van der Waals surface area contributed by atoms with Crippen molar-refractivity contribution in [1.82, 2.24) is 10.9 Å². The minimum atomic E-state index is -0.567. The Morgan fingerprint density at radius 3 is 2.26 bits per heavy atom. The van der Waals surface area contributed by atoms with Crippen LogP contribution >= 0.6 is 0 Å². The van der Waals surface area contributed by atoms with Crippen molar-refractivity contribution < 1.29 is 19.1 Å². The quantitative estimate of drug-likeness (QED) is 0.538. The van der Waals surface area contributed by atoms with Crippen molar-refractivity contribution in [3.05, 3.63) is 29.8 Å². The van der Waals surface area contributed by atoms with Gasteiger partial charge in [-0.3, -0.25) is 25.2 Å². The van der Waals surface area contributed by atoms with Crippen molar-refractivity contribution in [3.8, 4) is 0 Å². The topological polar surface area (TPSA) is 87.7 Å². The zero-order valence-corrected chi connectivity index (χ0v) is 16.1. The number of hydrogen-bond acceptors (Lipinski definition) is 5. The molecule has 7 nitrogen and oxygen atoms in total. The van der Waals surface area contributed by atoms with E-state index in [1.165, 1.54) is 0 Å². The molecule has 0 aromatic heterocycles. The summed E-state index contributed by atoms with van der Waals surface area (Å²) in [5, 5.41) is 0. The smallest absolute Gasteiger partial charge is 0.306 e. The summed E-state index contributed by atoms with van der Waals surface area (Å²) in [6, 6.07) is 7.15. The number of nitrogens with zero attached hydrogens (tertiary/aromatic N) is 1. The van der Waals surface area contributed by atoms with Crippen molar-refractivity contribution in [2.24, 2.45) is 5.92 Å². The zero-order valence-electron chi connectivity index (χ0n) is 16.1. The summed E-state index contributed by atoms with van der Waals surface area (Å²) in [4.78, 5) is 37.7. The van der Waals surface area contributed by atoms with E-state index in [2.05, 4.69) is 29.6 Å². The van der Waals surface area contributed by atoms with Gasteiger partial charge in [-0.05, 0) is 56.9 Å². The van der Waals surface area contributed by atoms with Crippen LogP contribution in [0, 0.1) is 5.92 Å². The number of anilines is 1. The van der Waals surface area contributed by atoms with Crippen LogP contribution in [0.15, 0.2) is 24.3 Å². The average molecular weight is 375 g/mol. The molecule has 2 rings (SSSR count). The Morgan fingerprint density at radius 2 is 1.67 bits per heavy atom. The van der Waals surface area contributed by atoms with Crippen LogP contribution in [0.2, 0.25) is 0 Å². The van der Waals surface area contributed by atoms with Crippen LogP contribution in [-0.2, 0) is 14.3 Å². The number of benzene rings is 1. The molecular formula is C20H29N3O4. The van der Waals surface area contributed by atoms with E-state index in [1.54, 1.807) is 12.1 Å². The van der Waals surface area contributed by atoms with Crippen LogP contribution in [0.25, 0.3) is 0 Å². The minimum absolute atomic E-state index is 0.360. The maximum absolute atomic E-state index is 12.1. The third-order valence-corrected chi connectivity index (χ3v) is 4.87. The van der Waals surface area contributed by atoms with E-state index < -0.39 is 18.4 Å². The summed E-state index contributed by atoms with van der Waals surface area (Å²) in [7, 11) is 0. The van der Waals surface area contributed by atoms with Gasteiger partial charge in [-0.1, -0.05) is 12.8 Å². The van der Waals surface area contributed by atoms with Gasteiger partial charge in [-0.2, -0.15) is 0 Å². The largest absolute Gasteiger partial charge is 0.455 e. The van der Waals surface area contributed by atoms with Crippen molar-refractivity contribution in [1.29, 1.82) is 0 Å². The molecule has 1 aliphatic rings. The number of ether oxygens (including phenoxy) is 1. The first-order valence-corrected chi connectivity index (χ1v) is 9.63. The second-order valence-electron chi connectivity index (χ2n) is 6.74. The maximum atomic E-state index is 12.1. The molecule has 0 radical (unpaired) electrons. The first-order chi connectivity index (χ1) is 13.0. The predicted molar refractivity (Wildman–Crippen MR) is 103 cm³/mol. The number of carbonyl (C=O) groups excluding carboxylic acids is 3. The van der Waals surface area contributed by atoms with Gasteiger partial charge in [0.2, 0.25) is 0 Å². The Balaban J connectivity index is 1.71. The van der Waals surface area contributed by atoms with Gasteiger partial charge in [0.05, 0.1) is 0 Å². The molecule has 0 aliphatic heterocycles. The van der Waals surface area contributed by atoms with Gasteiger partial charge in [-0.15, -0.1) is 0 Å². The second-order valence-corrected chi connectivity index (χ2v) is 6.74. The third kappa shape index (κ3) is 6.58. The number of hydrogen-bond donors (Lipinski definition) is 2. The van der Waals surface area contributed by atoms with Crippen molar-refractivity contribution in [3.63, 3.8) is 0 Å². The highest BCUT2D eigenvalue weighted by atomic mass is 16.5. The maximum Gasteiger partial charge on any atom is 0.306 e. The third-order valence-electron chi connectivity index (χ3n) is 4.87. The number of rotatable bonds is 8. The summed E-state index contributed by atoms with van der Waals surface area (Å²) in [6.07, 6.45) is 4.76. The molecule has 2 amide bonds. The monoisotopic (exact) mass is 375 g/mol. The fourth-order valence-corrected chi connectivity index (χ4v) is 3.30. The van der Waals surface area contributed by atoms with Gasteiger partial charge in [0.25, 0.3) is 11.8 Å². The molecule has 148 valence electrons. The van der Waals surface area contributed by atoms with Crippen molar-refractivity contribution >= 4 is 23.5 Å². The standard InChI is InChI=1S/C20H29N3O4/c1-3-23(4-2)17-11-9-16(10-12-17)20(26)22-21-18(24)14-27-19(25)13-15-7-5-6-8-15/h9-12,15H,3-8,13-14H2,1-2H3,(H,21,24)(H,22,26). The highest BCUT2D eigenvalue weighted by Gasteiger charge is 2.19. The average Bonchev–Trinajstić information content (AvgIpc) is 3.19. The molecular weight excluding hydrogens is 346 g/mol. The van der Waals surface area contributed by atoms with Crippen LogP contribution in [0.5, 0.6) is 0 Å². The van der Waals surface area contributed by atoms with Crippen molar-refractivity contribution in [2.45, 2.75) is 46.0 Å². The number of hydrazine groups is 1. The van der Waals surface area contributed by atoms with Gasteiger partial charge < -0.3 is 9.64 Å². The Hall–Kier alpha value is -2.57. The number of esters is 1. The summed E-state index contributed by atoms with van der Waals surface area (Å²) in [5.74, 6) is -0.982. The fourth-order valence-electron chi connectivity index (χ4n) is 3.30. The lowest BCUT2D eigenvalue weighted by molar-refractivity contribution is -0.149. The highest BCUT2D eigenvalue weighted by molar-refractivity contribution is 5.95. The Morgan fingerprint density at radius 1 is 1.04 bits per heavy atom. The van der Waals surface area contributed by atoms with E-state index in [1.807, 2.05) is 12.1 Å². The molecule has 0 atom stereocenters. The second kappa shape index (κ2) is 10.5. The minimum Gasteiger partial charge on any atom is -0.455 e. The number of carbonyl (C=O) groups is 3. The van der Waals surface area contributed by atoms with Crippen LogP contribution < -0.4 is 15.8 Å². The van der Waals surface area contributed by atoms with E-state index in [4.69, 9.17) is 4.74 Å². The fraction of sp³-hybridized carbons (Fsp3) is 0.550. The van der Waals surface area contributed by atoms with E-state index in [9.17, 15) is 14.4 Å². The van der Waals surface area contributed by atoms with E-state index in [-0.39, 0.29) is 5.97 Å². The van der Waals surface area contributed by atoms with Gasteiger partial charge in [0.15, 0.2) is 6.61 Å². The normalized spacial score (nSPS) is 13.9. The van der Waals surface area contributed by atoms with Crippen molar-refractivity contribution in [2.75, 3.05) is 24.6 Å². The molecule has 0 bridgehead atoms. The summed E-state index contributed by atoms with van der Waals surface area (Å²) in [5.41, 5.74) is 6.06. The van der Waals surface area contributed by atoms with E-state index >= 15 is 0 Å². The number of amides is 2. The molecule has 1 aliphatic carbocycles. The van der Waals surface area contributed by atoms with Gasteiger partial charge in [0, 0.05) is 30.8 Å². The van der Waals surface area contributed by atoms with Gasteiger partial charge in [-0.25, -0.2) is 0 Å². The molecule has 27 heavy (non-hydrogen) atoms. The molecule has 0 saturated heterocycles. The Labute approximate surface area is 160 Å². The Bertz CT molecular complexity index is 635. The van der Waals surface area contributed by atoms with Crippen LogP contribution in [0.4, 0.5) is 5.69 Å². The van der Waals surface area contributed by atoms with E-state index in [0.717, 1.165) is 44.5 Å². The predicted octanol–water partition coefficient (Wildman–Crippen LogP) is 2.42. The summed E-state index contributed by atoms with van der Waals surface area (Å²) >= 11 is 0. The van der Waals surface area contributed by atoms with Crippen LogP contribution in [0.1, 0.15) is 56.3 Å². The SMILES string of the molecule is CCN(CC)c1ccc(C(=O)NNC(=O)COC(=O)CC2CCCC2)cc1. The molecule has 0 spiro atoms. The van der Waals surface area contributed by atoms with Crippen LogP contribution in [0.3, 0.4) is 0 Å². The van der Waals surface area contributed by atoms with Crippen LogP contribution in [-0.4, -0.2) is 37.5 Å². The highest BCUT2D eigenvalue weighted by Crippen LogP contribution is 2.27. The van der Waals surface area contributed by atoms with E-state index in [0.29, 0.717) is 17.9 Å². The lowest BCUT2D eigenvalue weighted by Crippen LogP contribution is -2.43. The molecule has 0 unspecified atom stereocenters.